The number of rotatable bonds is 14. The second kappa shape index (κ2) is 12.9. The smallest absolute Gasteiger partial charge is 0.159 e. The lowest BCUT2D eigenvalue weighted by molar-refractivity contribution is -0.881. The monoisotopic (exact) mass is 348 g/mol. The number of aromatic nitrogens is 1. The zero-order valence-corrected chi connectivity index (χ0v) is 16.6. The van der Waals surface area contributed by atoms with E-state index in [0.717, 1.165) is 16.7 Å². The Balaban J connectivity index is 2.16. The summed E-state index contributed by atoms with van der Waals surface area (Å²) in [6.45, 7) is 4.07. The SMILES string of the molecule is CCCCCCCCCCCC[N+](C)(C)C/C(=N\O)c1ccccn1. The van der Waals surface area contributed by atoms with Gasteiger partial charge in [0, 0.05) is 6.20 Å². The lowest BCUT2D eigenvalue weighted by Gasteiger charge is -2.29. The van der Waals surface area contributed by atoms with Crippen molar-refractivity contribution in [1.29, 1.82) is 0 Å². The van der Waals surface area contributed by atoms with Crippen molar-refractivity contribution >= 4 is 5.71 Å². The molecule has 4 nitrogen and oxygen atoms in total. The zero-order chi connectivity index (χ0) is 18.4. The van der Waals surface area contributed by atoms with Crippen LogP contribution in [0.15, 0.2) is 29.6 Å². The normalized spacial score (nSPS) is 12.5. The molecule has 1 N–H and O–H groups in total. The summed E-state index contributed by atoms with van der Waals surface area (Å²) in [5, 5.41) is 12.8. The van der Waals surface area contributed by atoms with Crippen molar-refractivity contribution < 1.29 is 9.69 Å². The van der Waals surface area contributed by atoms with Gasteiger partial charge in [-0.2, -0.15) is 0 Å². The van der Waals surface area contributed by atoms with E-state index in [1.807, 2.05) is 18.2 Å². The third kappa shape index (κ3) is 10.2. The molecule has 1 aromatic rings. The average Bonchev–Trinajstić information content (AvgIpc) is 2.62. The van der Waals surface area contributed by atoms with Gasteiger partial charge in [-0.15, -0.1) is 0 Å². The fraction of sp³-hybridized carbons (Fsp3) is 0.714. The Hall–Kier alpha value is -1.42. The number of oxime groups is 1. The molecule has 0 aliphatic carbocycles. The van der Waals surface area contributed by atoms with Crippen LogP contribution in [0.3, 0.4) is 0 Å². The summed E-state index contributed by atoms with van der Waals surface area (Å²) in [4.78, 5) is 4.29. The van der Waals surface area contributed by atoms with E-state index in [0.29, 0.717) is 12.3 Å². The number of unbranched alkanes of at least 4 members (excludes halogenated alkanes) is 9. The molecule has 1 aromatic heterocycles. The highest BCUT2D eigenvalue weighted by Gasteiger charge is 2.20. The Labute approximate surface area is 154 Å². The first kappa shape index (κ1) is 21.6. The van der Waals surface area contributed by atoms with Crippen molar-refractivity contribution in [3.8, 4) is 0 Å². The van der Waals surface area contributed by atoms with Gasteiger partial charge in [0.25, 0.3) is 0 Å². The van der Waals surface area contributed by atoms with Gasteiger partial charge >= 0.3 is 0 Å². The van der Waals surface area contributed by atoms with Gasteiger partial charge in [-0.05, 0) is 25.0 Å². The molecule has 1 heterocycles. The quantitative estimate of drug-likeness (QED) is 0.164. The molecule has 0 fully saturated rings. The predicted molar refractivity (Wildman–Crippen MR) is 106 cm³/mol. The standard InChI is InChI=1S/C21H37N3O/c1-4-5-6-7-8-9-10-11-12-15-18-24(2,3)19-21(23-25)20-16-13-14-17-22-20/h13-14,16-17H,4-12,15,18-19H2,1-3H3/p+1/b23-21+. The second-order valence-electron chi connectivity index (χ2n) is 7.76. The predicted octanol–water partition coefficient (Wildman–Crippen LogP) is 5.26. The highest BCUT2D eigenvalue weighted by molar-refractivity contribution is 5.99. The van der Waals surface area contributed by atoms with Gasteiger partial charge in [-0.25, -0.2) is 0 Å². The number of pyridine rings is 1. The lowest BCUT2D eigenvalue weighted by atomic mass is 10.1. The van der Waals surface area contributed by atoms with Crippen molar-refractivity contribution in [2.75, 3.05) is 27.2 Å². The molecule has 0 bridgehead atoms. The lowest BCUT2D eigenvalue weighted by Crippen LogP contribution is -2.45. The molecule has 0 aliphatic rings. The van der Waals surface area contributed by atoms with Crippen molar-refractivity contribution in [2.24, 2.45) is 5.16 Å². The van der Waals surface area contributed by atoms with Crippen LogP contribution in [-0.4, -0.2) is 47.6 Å². The van der Waals surface area contributed by atoms with E-state index in [-0.39, 0.29) is 0 Å². The average molecular weight is 349 g/mol. The molecule has 0 spiro atoms. The molecule has 0 aromatic carbocycles. The first-order valence-electron chi connectivity index (χ1n) is 10.0. The van der Waals surface area contributed by atoms with Crippen LogP contribution < -0.4 is 0 Å². The van der Waals surface area contributed by atoms with Gasteiger partial charge < -0.3 is 9.69 Å². The first-order chi connectivity index (χ1) is 12.1. The molecule has 4 heteroatoms. The first-order valence-corrected chi connectivity index (χ1v) is 10.0. The van der Waals surface area contributed by atoms with Gasteiger partial charge in [-0.1, -0.05) is 69.5 Å². The number of quaternary nitrogens is 1. The Morgan fingerprint density at radius 1 is 0.960 bits per heavy atom. The highest BCUT2D eigenvalue weighted by atomic mass is 16.4. The fourth-order valence-corrected chi connectivity index (χ4v) is 3.21. The van der Waals surface area contributed by atoms with E-state index in [1.54, 1.807) is 6.20 Å². The Morgan fingerprint density at radius 3 is 2.08 bits per heavy atom. The van der Waals surface area contributed by atoms with Gasteiger partial charge in [0.05, 0.1) is 26.3 Å². The van der Waals surface area contributed by atoms with Crippen LogP contribution in [-0.2, 0) is 0 Å². The maximum absolute atomic E-state index is 9.33. The van der Waals surface area contributed by atoms with Crippen molar-refractivity contribution in [3.05, 3.63) is 30.1 Å². The Kier molecular flexibility index (Phi) is 11.1. The molecule has 0 amide bonds. The topological polar surface area (TPSA) is 45.5 Å². The van der Waals surface area contributed by atoms with Crippen molar-refractivity contribution in [2.45, 2.75) is 71.1 Å². The summed E-state index contributed by atoms with van der Waals surface area (Å²) in [6.07, 6.45) is 15.3. The molecule has 0 unspecified atom stereocenters. The summed E-state index contributed by atoms with van der Waals surface area (Å²) in [5.74, 6) is 0. The van der Waals surface area contributed by atoms with E-state index in [2.05, 4.69) is 31.2 Å². The Bertz CT molecular complexity index is 471. The van der Waals surface area contributed by atoms with Gasteiger partial charge in [0.1, 0.15) is 6.54 Å². The van der Waals surface area contributed by atoms with Crippen LogP contribution in [0.2, 0.25) is 0 Å². The third-order valence-corrected chi connectivity index (χ3v) is 4.78. The van der Waals surface area contributed by atoms with Crippen LogP contribution >= 0.6 is 0 Å². The van der Waals surface area contributed by atoms with Gasteiger partial charge in [-0.3, -0.25) is 4.98 Å². The van der Waals surface area contributed by atoms with E-state index >= 15 is 0 Å². The molecular weight excluding hydrogens is 310 g/mol. The van der Waals surface area contributed by atoms with Gasteiger partial charge in [0.15, 0.2) is 5.71 Å². The fourth-order valence-electron chi connectivity index (χ4n) is 3.21. The van der Waals surface area contributed by atoms with Crippen LogP contribution in [0.4, 0.5) is 0 Å². The molecule has 1 rings (SSSR count). The van der Waals surface area contributed by atoms with Crippen LogP contribution in [0.1, 0.15) is 76.8 Å². The summed E-state index contributed by atoms with van der Waals surface area (Å²) in [7, 11) is 4.39. The second-order valence-corrected chi connectivity index (χ2v) is 7.76. The maximum Gasteiger partial charge on any atom is 0.159 e. The number of nitrogens with zero attached hydrogens (tertiary/aromatic N) is 3. The zero-order valence-electron chi connectivity index (χ0n) is 16.6. The molecule has 0 aliphatic heterocycles. The number of likely N-dealkylation sites (N-methyl/N-ethyl adjacent to an activating group) is 1. The summed E-state index contributed by atoms with van der Waals surface area (Å²) < 4.78 is 0.826. The summed E-state index contributed by atoms with van der Waals surface area (Å²) in [5.41, 5.74) is 1.43. The molecular formula is C21H38N3O+. The van der Waals surface area contributed by atoms with Crippen LogP contribution in [0.25, 0.3) is 0 Å². The van der Waals surface area contributed by atoms with Crippen LogP contribution in [0, 0.1) is 0 Å². The highest BCUT2D eigenvalue weighted by Crippen LogP contribution is 2.12. The molecule has 142 valence electrons. The minimum Gasteiger partial charge on any atom is -0.410 e. The van der Waals surface area contributed by atoms with E-state index in [4.69, 9.17) is 0 Å². The Morgan fingerprint density at radius 2 is 1.56 bits per heavy atom. The molecule has 0 atom stereocenters. The van der Waals surface area contributed by atoms with Crippen LogP contribution in [0.5, 0.6) is 0 Å². The summed E-state index contributed by atoms with van der Waals surface area (Å²) >= 11 is 0. The molecule has 0 saturated carbocycles. The minimum atomic E-state index is 0.665. The number of hydrogen-bond donors (Lipinski definition) is 1. The van der Waals surface area contributed by atoms with E-state index < -0.39 is 0 Å². The van der Waals surface area contributed by atoms with Crippen molar-refractivity contribution in [1.82, 2.24) is 4.98 Å². The van der Waals surface area contributed by atoms with Gasteiger partial charge in [0.2, 0.25) is 0 Å². The van der Waals surface area contributed by atoms with E-state index in [9.17, 15) is 5.21 Å². The molecule has 0 radical (unpaired) electrons. The third-order valence-electron chi connectivity index (χ3n) is 4.78. The van der Waals surface area contributed by atoms with E-state index in [1.165, 1.54) is 64.2 Å². The number of hydrogen-bond acceptors (Lipinski definition) is 3. The maximum atomic E-state index is 9.33. The minimum absolute atomic E-state index is 0.665. The summed E-state index contributed by atoms with van der Waals surface area (Å²) in [6, 6.07) is 5.70. The van der Waals surface area contributed by atoms with Crippen molar-refractivity contribution in [3.63, 3.8) is 0 Å². The molecule has 25 heavy (non-hydrogen) atoms. The molecule has 0 saturated heterocycles. The largest absolute Gasteiger partial charge is 0.410 e.